The van der Waals surface area contributed by atoms with Gasteiger partial charge in [0, 0.05) is 10.8 Å². The van der Waals surface area contributed by atoms with E-state index in [1.807, 2.05) is 48.5 Å². The largest absolute Gasteiger partial charge is 0.497 e. The maximum absolute atomic E-state index is 9.48. The van der Waals surface area contributed by atoms with Crippen molar-refractivity contribution in [1.29, 1.82) is 0 Å². The summed E-state index contributed by atoms with van der Waals surface area (Å²) in [6.45, 7) is 0. The van der Waals surface area contributed by atoms with Crippen molar-refractivity contribution in [2.75, 3.05) is 7.11 Å². The standard InChI is InChI=1S/C19H15BO4/c1-23-15-9-13(8-14(11-15)20(21)22)12-6-7-19-17(10-12)16-4-2-3-5-18(16)24-19/h2-11,21-22H,1H3. The minimum absolute atomic E-state index is 0.390. The van der Waals surface area contributed by atoms with Crippen LogP contribution >= 0.6 is 0 Å². The number of rotatable bonds is 3. The summed E-state index contributed by atoms with van der Waals surface area (Å²) >= 11 is 0. The Balaban J connectivity index is 1.93. The van der Waals surface area contributed by atoms with Crippen molar-refractivity contribution >= 4 is 34.5 Å². The van der Waals surface area contributed by atoms with Gasteiger partial charge in [-0.15, -0.1) is 0 Å². The minimum atomic E-state index is -1.54. The van der Waals surface area contributed by atoms with Gasteiger partial charge in [0.1, 0.15) is 16.9 Å². The molecule has 24 heavy (non-hydrogen) atoms. The van der Waals surface area contributed by atoms with Gasteiger partial charge in [-0.25, -0.2) is 0 Å². The lowest BCUT2D eigenvalue weighted by molar-refractivity contribution is 0.412. The fourth-order valence-electron chi connectivity index (χ4n) is 2.96. The van der Waals surface area contributed by atoms with E-state index in [4.69, 9.17) is 9.15 Å². The first-order chi connectivity index (χ1) is 11.7. The first-order valence-electron chi connectivity index (χ1n) is 7.62. The fraction of sp³-hybridized carbons (Fsp3) is 0.0526. The Labute approximate surface area is 139 Å². The van der Waals surface area contributed by atoms with E-state index in [0.717, 1.165) is 33.1 Å². The van der Waals surface area contributed by atoms with Crippen molar-refractivity contribution in [1.82, 2.24) is 0 Å². The van der Waals surface area contributed by atoms with Gasteiger partial charge in [0.2, 0.25) is 0 Å². The van der Waals surface area contributed by atoms with Gasteiger partial charge in [-0.05, 0) is 46.9 Å². The third kappa shape index (κ3) is 2.44. The summed E-state index contributed by atoms with van der Waals surface area (Å²) in [7, 11) is 0.0109. The molecule has 0 spiro atoms. The van der Waals surface area contributed by atoms with Gasteiger partial charge in [0.15, 0.2) is 0 Å². The van der Waals surface area contributed by atoms with E-state index in [-0.39, 0.29) is 0 Å². The summed E-state index contributed by atoms with van der Waals surface area (Å²) in [5.74, 6) is 0.577. The molecule has 0 unspecified atom stereocenters. The predicted molar refractivity (Wildman–Crippen MR) is 95.5 cm³/mol. The molecule has 0 saturated carbocycles. The highest BCUT2D eigenvalue weighted by Crippen LogP contribution is 2.32. The third-order valence-corrected chi connectivity index (χ3v) is 4.17. The van der Waals surface area contributed by atoms with E-state index in [1.54, 1.807) is 19.2 Å². The zero-order chi connectivity index (χ0) is 16.7. The van der Waals surface area contributed by atoms with Crippen LogP contribution in [-0.2, 0) is 0 Å². The number of hydrogen-bond donors (Lipinski definition) is 2. The second-order valence-corrected chi connectivity index (χ2v) is 5.68. The Morgan fingerprint density at radius 1 is 0.833 bits per heavy atom. The van der Waals surface area contributed by atoms with Crippen LogP contribution in [0.5, 0.6) is 5.75 Å². The van der Waals surface area contributed by atoms with Crippen molar-refractivity contribution in [3.05, 3.63) is 60.7 Å². The Bertz CT molecular complexity index is 1040. The molecule has 2 N–H and O–H groups in total. The summed E-state index contributed by atoms with van der Waals surface area (Å²) in [6, 6.07) is 19.1. The molecule has 1 heterocycles. The van der Waals surface area contributed by atoms with Crippen LogP contribution in [0.1, 0.15) is 0 Å². The third-order valence-electron chi connectivity index (χ3n) is 4.17. The average Bonchev–Trinajstić information content (AvgIpc) is 2.99. The molecule has 0 saturated heterocycles. The zero-order valence-electron chi connectivity index (χ0n) is 13.1. The van der Waals surface area contributed by atoms with Crippen LogP contribution in [0.4, 0.5) is 0 Å². The topological polar surface area (TPSA) is 62.8 Å². The van der Waals surface area contributed by atoms with Crippen LogP contribution in [0.15, 0.2) is 65.1 Å². The molecule has 0 aliphatic carbocycles. The lowest BCUT2D eigenvalue weighted by Gasteiger charge is -2.09. The van der Waals surface area contributed by atoms with Crippen molar-refractivity contribution in [2.45, 2.75) is 0 Å². The molecule has 0 amide bonds. The molecule has 4 nitrogen and oxygen atoms in total. The van der Waals surface area contributed by atoms with Crippen LogP contribution < -0.4 is 10.2 Å². The van der Waals surface area contributed by atoms with E-state index >= 15 is 0 Å². The fourth-order valence-corrected chi connectivity index (χ4v) is 2.96. The van der Waals surface area contributed by atoms with E-state index in [9.17, 15) is 10.0 Å². The Kier molecular flexibility index (Phi) is 3.52. The van der Waals surface area contributed by atoms with Gasteiger partial charge in [-0.2, -0.15) is 0 Å². The summed E-state index contributed by atoms with van der Waals surface area (Å²) in [5.41, 5.74) is 3.87. The number of methoxy groups -OCH3 is 1. The van der Waals surface area contributed by atoms with Gasteiger partial charge in [0.25, 0.3) is 0 Å². The van der Waals surface area contributed by atoms with E-state index in [0.29, 0.717) is 11.2 Å². The highest BCUT2D eigenvalue weighted by atomic mass is 16.5. The van der Waals surface area contributed by atoms with Crippen molar-refractivity contribution < 1.29 is 19.2 Å². The molecule has 0 aliphatic rings. The SMILES string of the molecule is COc1cc(B(O)O)cc(-c2ccc3oc4ccccc4c3c2)c1. The maximum Gasteiger partial charge on any atom is 0.488 e. The van der Waals surface area contributed by atoms with Gasteiger partial charge >= 0.3 is 7.12 Å². The molecule has 0 fully saturated rings. The van der Waals surface area contributed by atoms with Crippen LogP contribution in [0.25, 0.3) is 33.1 Å². The summed E-state index contributed by atoms with van der Waals surface area (Å²) in [4.78, 5) is 0. The number of ether oxygens (including phenoxy) is 1. The van der Waals surface area contributed by atoms with Gasteiger partial charge in [0.05, 0.1) is 7.11 Å². The molecule has 118 valence electrons. The number of hydrogen-bond acceptors (Lipinski definition) is 4. The van der Waals surface area contributed by atoms with E-state index in [1.165, 1.54) is 0 Å². The van der Waals surface area contributed by atoms with Gasteiger partial charge < -0.3 is 19.2 Å². The monoisotopic (exact) mass is 318 g/mol. The summed E-state index contributed by atoms with van der Waals surface area (Å²) in [6.07, 6.45) is 0. The number of benzene rings is 3. The molecule has 4 rings (SSSR count). The Morgan fingerprint density at radius 3 is 2.42 bits per heavy atom. The molecular formula is C19H15BO4. The summed E-state index contributed by atoms with van der Waals surface area (Å²) < 4.78 is 11.1. The van der Waals surface area contributed by atoms with Crippen LogP contribution in [0.2, 0.25) is 0 Å². The lowest BCUT2D eigenvalue weighted by Crippen LogP contribution is -2.29. The zero-order valence-corrected chi connectivity index (χ0v) is 13.1. The van der Waals surface area contributed by atoms with E-state index < -0.39 is 7.12 Å². The van der Waals surface area contributed by atoms with Crippen molar-refractivity contribution in [2.24, 2.45) is 0 Å². The molecule has 3 aromatic carbocycles. The number of para-hydroxylation sites is 1. The van der Waals surface area contributed by atoms with Crippen molar-refractivity contribution in [3.8, 4) is 16.9 Å². The first kappa shape index (κ1) is 14.8. The second-order valence-electron chi connectivity index (χ2n) is 5.68. The molecule has 0 bridgehead atoms. The summed E-state index contributed by atoms with van der Waals surface area (Å²) in [5, 5.41) is 21.0. The normalized spacial score (nSPS) is 11.1. The molecular weight excluding hydrogens is 303 g/mol. The molecule has 4 aromatic rings. The molecule has 0 atom stereocenters. The molecule has 0 aliphatic heterocycles. The first-order valence-corrected chi connectivity index (χ1v) is 7.62. The van der Waals surface area contributed by atoms with Gasteiger partial charge in [-0.3, -0.25) is 0 Å². The predicted octanol–water partition coefficient (Wildman–Crippen LogP) is 2.94. The van der Waals surface area contributed by atoms with Gasteiger partial charge in [-0.1, -0.05) is 30.3 Å². The number of fused-ring (bicyclic) bond motifs is 3. The smallest absolute Gasteiger partial charge is 0.488 e. The van der Waals surface area contributed by atoms with Crippen LogP contribution in [-0.4, -0.2) is 24.3 Å². The minimum Gasteiger partial charge on any atom is -0.497 e. The highest BCUT2D eigenvalue weighted by Gasteiger charge is 2.15. The van der Waals surface area contributed by atoms with Crippen LogP contribution in [0.3, 0.4) is 0 Å². The average molecular weight is 318 g/mol. The second kappa shape index (κ2) is 5.71. The molecule has 0 radical (unpaired) electrons. The maximum atomic E-state index is 9.48. The highest BCUT2D eigenvalue weighted by molar-refractivity contribution is 6.58. The van der Waals surface area contributed by atoms with Crippen LogP contribution in [0, 0.1) is 0 Å². The molecule has 5 heteroatoms. The Hall–Kier alpha value is -2.76. The quantitative estimate of drug-likeness (QED) is 0.570. The van der Waals surface area contributed by atoms with E-state index in [2.05, 4.69) is 0 Å². The van der Waals surface area contributed by atoms with Crippen molar-refractivity contribution in [3.63, 3.8) is 0 Å². The number of furan rings is 1. The lowest BCUT2D eigenvalue weighted by atomic mass is 9.79. The Morgan fingerprint density at radius 2 is 1.62 bits per heavy atom. The molecule has 1 aromatic heterocycles.